The number of hydrogen-bond acceptors (Lipinski definition) is 13. The van der Waals surface area contributed by atoms with Crippen molar-refractivity contribution in [1.82, 2.24) is 4.90 Å². The van der Waals surface area contributed by atoms with Crippen molar-refractivity contribution in [3.05, 3.63) is 158 Å². The van der Waals surface area contributed by atoms with Crippen molar-refractivity contribution in [2.75, 3.05) is 6.54 Å². The van der Waals surface area contributed by atoms with Gasteiger partial charge in [0.05, 0.1) is 73.7 Å². The second kappa shape index (κ2) is 31.5. The van der Waals surface area contributed by atoms with Crippen LogP contribution in [-0.2, 0) is 56.0 Å². The Balaban J connectivity index is 0.975. The van der Waals surface area contributed by atoms with Gasteiger partial charge in [-0.05, 0) is 145 Å². The molecule has 0 N–H and O–H groups in total. The molecule has 0 aliphatic carbocycles. The Kier molecular flexibility index (Phi) is 23.8. The number of ketones is 1. The monoisotopic (exact) mass is 1460 g/mol. The lowest BCUT2D eigenvalue weighted by molar-refractivity contribution is -0.254. The fourth-order valence-electron chi connectivity index (χ4n) is 19.0. The summed E-state index contributed by atoms with van der Waals surface area (Å²) < 4.78 is 82.9. The molecule has 562 valence electrons. The van der Waals surface area contributed by atoms with Crippen molar-refractivity contribution in [3.8, 4) is 0 Å². The van der Waals surface area contributed by atoms with E-state index in [2.05, 4.69) is 216 Å². The molecule has 12 rings (SSSR count). The van der Waals surface area contributed by atoms with Crippen LogP contribution < -0.4 is 20.7 Å². The molecule has 0 saturated carbocycles. The first-order valence-corrected chi connectivity index (χ1v) is 45.7. The van der Waals surface area contributed by atoms with Crippen LogP contribution in [0.2, 0.25) is 28.2 Å². The SMILES string of the molecule is C=C1C[C@@H]2/C=C/C(O[Si](CC)(CC)CC)C[C@H]3O[C@H]4[C@@H](O[Si](c5ccccc5)(c5ccccc5)C(C)(C)C)[C@H]5O[C@H](CC[C@@H]5O[C@H]4[C@H]3O[Si](c3ccccc3)(c3ccccc3)C(C)(C)C)CC(=O)C[C@@H]3[C@@H](C)[C@@H](C[C@H]4CN(C(=O)OC(C)(C)C)C(C)(C)O4)O[C@H]3CC3O[C@@H](CCC1O2)C[C@@H](C)C3=C. The molecule has 19 atom stereocenters. The minimum absolute atomic E-state index is 0.0353. The van der Waals surface area contributed by atoms with Gasteiger partial charge in [0, 0.05) is 38.5 Å². The fourth-order valence-corrected chi connectivity index (χ4v) is 31.2. The van der Waals surface area contributed by atoms with Crippen molar-refractivity contribution < 1.29 is 60.8 Å². The van der Waals surface area contributed by atoms with Gasteiger partial charge >= 0.3 is 6.09 Å². The average molecular weight is 1460 g/mol. The van der Waals surface area contributed by atoms with Crippen LogP contribution in [0.1, 0.15) is 181 Å². The Morgan fingerprint density at radius 3 is 1.64 bits per heavy atom. The molecule has 8 bridgehead atoms. The largest absolute Gasteiger partial charge is 0.444 e. The smallest absolute Gasteiger partial charge is 0.412 e. The van der Waals surface area contributed by atoms with Crippen molar-refractivity contribution >= 4 is 57.6 Å². The van der Waals surface area contributed by atoms with Crippen LogP contribution in [0.25, 0.3) is 0 Å². The molecule has 4 aromatic rings. The zero-order valence-corrected chi connectivity index (χ0v) is 67.9. The van der Waals surface area contributed by atoms with E-state index in [1.165, 1.54) is 10.4 Å². The first-order valence-electron chi connectivity index (χ1n) is 39.3. The highest BCUT2D eigenvalue weighted by Crippen LogP contribution is 2.51. The highest BCUT2D eigenvalue weighted by molar-refractivity contribution is 7.00. The Hall–Kier alpha value is -4.71. The zero-order valence-electron chi connectivity index (χ0n) is 64.9. The molecular formula is C86H123NO13Si3. The van der Waals surface area contributed by atoms with Crippen LogP contribution in [0.4, 0.5) is 4.79 Å². The number of ether oxygens (including phenoxy) is 8. The van der Waals surface area contributed by atoms with E-state index >= 15 is 4.79 Å². The van der Waals surface area contributed by atoms with Gasteiger partial charge in [-0.25, -0.2) is 4.79 Å². The highest BCUT2D eigenvalue weighted by atomic mass is 28.4. The molecule has 0 aromatic heterocycles. The standard InChI is InChI=1S/C86H123NO13Si3/c1-19-101(20-2,21-3)98-64-43-42-61-49-57(5)71(90-61)46-44-62-48-56(4)58(6)74(91-62)54-75-70(59(7)73(93-75)53-65-55-87(86(17,18)96-65)82(89)97-83(8,9)10)51-60(88)50-63-45-47-72-77(92-63)81(100-103(85(14,15)16,68-38-30-24-31-39-68)69-40-32-25-33-41-69)80-79(94-72)78(76(52-64)95-80)99-102(84(11,12)13,66-34-26-22-27-35-66)67-36-28-23-29-37-67/h22-43,56,59,61-65,70-81H,5-6,19-21,44-55H2,1-4,7-18H3/b43-42+/t56-,59-,61+,62+,63-,64?,65+,70-,71?,72+,73-,74?,75+,76-,77+,78+,79+,80-,81+/m1/s1. The number of amides is 1. The van der Waals surface area contributed by atoms with Crippen LogP contribution in [0.5, 0.6) is 0 Å². The van der Waals surface area contributed by atoms with Gasteiger partial charge in [0.1, 0.15) is 47.6 Å². The van der Waals surface area contributed by atoms with E-state index in [1.54, 1.807) is 4.90 Å². The lowest BCUT2D eigenvalue weighted by Gasteiger charge is -2.53. The van der Waals surface area contributed by atoms with Gasteiger partial charge in [0.25, 0.3) is 16.6 Å². The molecule has 8 heterocycles. The lowest BCUT2D eigenvalue weighted by atomic mass is 9.78. The molecule has 0 spiro atoms. The van der Waals surface area contributed by atoms with Crippen molar-refractivity contribution in [3.63, 3.8) is 0 Å². The van der Waals surface area contributed by atoms with Gasteiger partial charge in [0.2, 0.25) is 0 Å². The number of rotatable bonds is 15. The summed E-state index contributed by atoms with van der Waals surface area (Å²) in [6.07, 6.45) is 4.06. The van der Waals surface area contributed by atoms with Crippen LogP contribution in [0.15, 0.2) is 158 Å². The topological polar surface area (TPSA) is 139 Å². The molecule has 7 saturated heterocycles. The van der Waals surface area contributed by atoms with Crippen LogP contribution in [-0.4, -0.2) is 157 Å². The Bertz CT molecular complexity index is 3470. The van der Waals surface area contributed by atoms with Crippen molar-refractivity contribution in [1.29, 1.82) is 0 Å². The van der Waals surface area contributed by atoms with E-state index in [9.17, 15) is 4.79 Å². The molecule has 0 radical (unpaired) electrons. The fraction of sp³-hybridized carbons (Fsp3) is 0.628. The molecule has 14 nitrogen and oxygen atoms in total. The minimum atomic E-state index is -3.42. The summed E-state index contributed by atoms with van der Waals surface area (Å²) in [6.45, 7) is 44.7. The molecule has 7 fully saturated rings. The molecule has 8 aliphatic rings. The third-order valence-corrected chi connectivity index (χ3v) is 39.4. The molecule has 17 heteroatoms. The highest BCUT2D eigenvalue weighted by Gasteiger charge is 2.65. The number of hydrogen-bond donors (Lipinski definition) is 0. The first kappa shape index (κ1) is 77.9. The first-order chi connectivity index (χ1) is 48.9. The Morgan fingerprint density at radius 1 is 0.563 bits per heavy atom. The zero-order chi connectivity index (χ0) is 73.6. The van der Waals surface area contributed by atoms with E-state index in [4.69, 9.17) is 57.8 Å². The molecule has 103 heavy (non-hydrogen) atoms. The number of benzene rings is 4. The van der Waals surface area contributed by atoms with Gasteiger partial charge in [0.15, 0.2) is 8.32 Å². The van der Waals surface area contributed by atoms with Crippen molar-refractivity contribution in [2.45, 2.75) is 319 Å². The number of fused-ring (bicyclic) bond motifs is 7. The van der Waals surface area contributed by atoms with E-state index < -0.39 is 96.2 Å². The summed E-state index contributed by atoms with van der Waals surface area (Å²) in [5, 5.41) is 3.84. The van der Waals surface area contributed by atoms with Crippen LogP contribution in [0, 0.1) is 17.8 Å². The van der Waals surface area contributed by atoms with Gasteiger partial charge in [-0.1, -0.05) is 223 Å². The minimum Gasteiger partial charge on any atom is -0.444 e. The van der Waals surface area contributed by atoms with Gasteiger partial charge < -0.3 is 51.2 Å². The summed E-state index contributed by atoms with van der Waals surface area (Å²) in [5.74, 6) is 0.144. The normalized spacial score (nSPS) is 33.7. The number of carbonyl (C=O) groups is 2. The molecule has 1 amide bonds. The quantitative estimate of drug-likeness (QED) is 0.0825. The third kappa shape index (κ3) is 16.4. The predicted octanol–water partition coefficient (Wildman–Crippen LogP) is 15.7. The van der Waals surface area contributed by atoms with Gasteiger partial charge in [-0.15, -0.1) is 0 Å². The van der Waals surface area contributed by atoms with Crippen molar-refractivity contribution in [2.24, 2.45) is 17.8 Å². The molecular weight excluding hydrogens is 1340 g/mol. The molecule has 8 aliphatic heterocycles. The summed E-state index contributed by atoms with van der Waals surface area (Å²) >= 11 is 0. The lowest BCUT2D eigenvalue weighted by Crippen LogP contribution is -2.73. The Labute approximate surface area is 620 Å². The third-order valence-electron chi connectivity index (χ3n) is 24.7. The summed E-state index contributed by atoms with van der Waals surface area (Å²) in [7, 11) is -9.09. The Morgan fingerprint density at radius 2 is 1.10 bits per heavy atom. The summed E-state index contributed by atoms with van der Waals surface area (Å²) in [6, 6.07) is 46.6. The number of nitrogens with zero attached hydrogens (tertiary/aromatic N) is 1. The van der Waals surface area contributed by atoms with E-state index in [1.807, 2.05) is 34.6 Å². The van der Waals surface area contributed by atoms with Gasteiger partial charge in [-0.3, -0.25) is 9.69 Å². The van der Waals surface area contributed by atoms with Gasteiger partial charge in [-0.2, -0.15) is 0 Å². The van der Waals surface area contributed by atoms with E-state index in [0.29, 0.717) is 51.5 Å². The van der Waals surface area contributed by atoms with Crippen LogP contribution in [0.3, 0.4) is 0 Å². The number of Topliss-reactive ketones (excluding diaryl/α,β-unsaturated/α-hetero) is 1. The second-order valence-electron chi connectivity index (χ2n) is 35.1. The molecule has 4 aromatic carbocycles. The maximum absolute atomic E-state index is 15.6. The van der Waals surface area contributed by atoms with Crippen LogP contribution >= 0.6 is 0 Å². The summed E-state index contributed by atoms with van der Waals surface area (Å²) in [4.78, 5) is 31.0. The summed E-state index contributed by atoms with van der Waals surface area (Å²) in [5.41, 5.74) is 0.589. The maximum Gasteiger partial charge on any atom is 0.412 e. The molecule has 3 unspecified atom stereocenters. The number of carbonyl (C=O) groups excluding carboxylic acids is 2. The van der Waals surface area contributed by atoms with E-state index in [0.717, 1.165) is 58.9 Å². The second-order valence-corrected chi connectivity index (χ2v) is 48.3. The van der Waals surface area contributed by atoms with E-state index in [-0.39, 0.29) is 83.8 Å². The maximum atomic E-state index is 15.6. The average Bonchev–Trinajstić information content (AvgIpc) is 1.56. The predicted molar refractivity (Wildman–Crippen MR) is 416 cm³/mol.